The van der Waals surface area contributed by atoms with Crippen LogP contribution in [0.3, 0.4) is 0 Å². The summed E-state index contributed by atoms with van der Waals surface area (Å²) in [7, 11) is 0. The van der Waals surface area contributed by atoms with Crippen LogP contribution in [0, 0.1) is 0 Å². The Morgan fingerprint density at radius 1 is 0.279 bits per heavy atom. The van der Waals surface area contributed by atoms with Gasteiger partial charge in [0, 0.05) is 6.54 Å². The summed E-state index contributed by atoms with van der Waals surface area (Å²) in [6.45, 7) is 5.77. The van der Waals surface area contributed by atoms with Crippen molar-refractivity contribution >= 4 is 0 Å². The molecule has 0 rings (SSSR count). The summed E-state index contributed by atoms with van der Waals surface area (Å²) >= 11 is 0. The zero-order chi connectivity index (χ0) is 31.0. The summed E-state index contributed by atoms with van der Waals surface area (Å²) in [5, 5.41) is 3.52. The first-order chi connectivity index (χ1) is 21.4. The summed E-state index contributed by atoms with van der Waals surface area (Å²) in [6, 6.07) is 0. The Hall–Kier alpha value is -0.460. The molecule has 0 spiro atoms. The van der Waals surface area contributed by atoms with E-state index in [1.165, 1.54) is 238 Å². The molecule has 0 aliphatic carbocycles. The second kappa shape index (κ2) is 41.5. The third kappa shape index (κ3) is 41.5. The minimum absolute atomic E-state index is 1.16. The van der Waals surface area contributed by atoms with Crippen molar-refractivity contribution in [2.24, 2.45) is 0 Å². The molecule has 0 saturated heterocycles. The number of allylic oxidation sites excluding steroid dienone is 1. The molecule has 0 aliphatic heterocycles. The van der Waals surface area contributed by atoms with Crippen molar-refractivity contribution in [3.8, 4) is 0 Å². The topological polar surface area (TPSA) is 12.0 Å². The quantitative estimate of drug-likeness (QED) is 0.0689. The van der Waals surface area contributed by atoms with Crippen LogP contribution >= 0.6 is 0 Å². The molecule has 0 aromatic heterocycles. The lowest BCUT2D eigenvalue weighted by atomic mass is 10.0. The van der Waals surface area contributed by atoms with E-state index < -0.39 is 0 Å². The molecule has 0 aromatic rings. The van der Waals surface area contributed by atoms with Crippen LogP contribution in [0.5, 0.6) is 0 Å². The van der Waals surface area contributed by atoms with Gasteiger partial charge in [0.25, 0.3) is 0 Å². The number of rotatable bonds is 39. The van der Waals surface area contributed by atoms with E-state index in [2.05, 4.69) is 31.4 Å². The van der Waals surface area contributed by atoms with Crippen LogP contribution in [0.1, 0.15) is 251 Å². The van der Waals surface area contributed by atoms with E-state index in [1.807, 2.05) is 0 Å². The van der Waals surface area contributed by atoms with Crippen molar-refractivity contribution in [3.63, 3.8) is 0 Å². The van der Waals surface area contributed by atoms with Crippen LogP contribution in [0.25, 0.3) is 0 Å². The predicted octanol–water partition coefficient (Wildman–Crippen LogP) is 15.6. The summed E-state index contributed by atoms with van der Waals surface area (Å²) in [4.78, 5) is 0. The summed E-state index contributed by atoms with van der Waals surface area (Å²) < 4.78 is 0. The fraction of sp³-hybridized carbons (Fsp3) is 0.952. The largest absolute Gasteiger partial charge is 0.391 e. The molecule has 0 amide bonds. The van der Waals surface area contributed by atoms with Crippen LogP contribution in [0.2, 0.25) is 0 Å². The highest BCUT2D eigenvalue weighted by atomic mass is 14.8. The molecule has 258 valence electrons. The lowest BCUT2D eigenvalue weighted by molar-refractivity contribution is 0.521. The molecule has 0 saturated carbocycles. The summed E-state index contributed by atoms with van der Waals surface area (Å²) in [5.41, 5.74) is 0. The predicted molar refractivity (Wildman–Crippen MR) is 199 cm³/mol. The highest BCUT2D eigenvalue weighted by molar-refractivity contribution is 4.79. The van der Waals surface area contributed by atoms with Gasteiger partial charge >= 0.3 is 0 Å². The second-order valence-electron chi connectivity index (χ2n) is 14.2. The van der Waals surface area contributed by atoms with Gasteiger partial charge in [0.05, 0.1) is 0 Å². The number of nitrogens with one attached hydrogen (secondary N) is 1. The van der Waals surface area contributed by atoms with Crippen molar-refractivity contribution < 1.29 is 0 Å². The summed E-state index contributed by atoms with van der Waals surface area (Å²) in [6.07, 6.45) is 58.2. The fourth-order valence-electron chi connectivity index (χ4n) is 6.54. The fourth-order valence-corrected chi connectivity index (χ4v) is 6.54. The van der Waals surface area contributed by atoms with Crippen LogP contribution in [-0.4, -0.2) is 6.54 Å². The standard InChI is InChI=1S/C42H85N/c1-3-5-7-9-11-13-15-17-19-21-23-24-26-28-30-32-34-36-38-40-42-43-41-39-37-35-33-31-29-27-25-22-20-18-16-14-12-10-8-6-4-2/h39,41,43H,3-38,40,42H2,1-2H3. The van der Waals surface area contributed by atoms with E-state index in [9.17, 15) is 0 Å². The molecule has 0 unspecified atom stereocenters. The zero-order valence-corrected chi connectivity index (χ0v) is 30.5. The lowest BCUT2D eigenvalue weighted by Gasteiger charge is -2.04. The third-order valence-electron chi connectivity index (χ3n) is 9.63. The van der Waals surface area contributed by atoms with E-state index in [0.717, 1.165) is 6.54 Å². The molecule has 0 aliphatic rings. The maximum absolute atomic E-state index is 3.52. The third-order valence-corrected chi connectivity index (χ3v) is 9.63. The van der Waals surface area contributed by atoms with Gasteiger partial charge in [-0.15, -0.1) is 0 Å². The van der Waals surface area contributed by atoms with Crippen molar-refractivity contribution in [2.45, 2.75) is 251 Å². The minimum atomic E-state index is 1.16. The van der Waals surface area contributed by atoms with Crippen molar-refractivity contribution in [1.29, 1.82) is 0 Å². The molecule has 0 radical (unpaired) electrons. The van der Waals surface area contributed by atoms with E-state index in [-0.39, 0.29) is 0 Å². The van der Waals surface area contributed by atoms with Gasteiger partial charge in [-0.25, -0.2) is 0 Å². The maximum atomic E-state index is 3.52. The Bertz CT molecular complexity index is 483. The Morgan fingerprint density at radius 3 is 0.791 bits per heavy atom. The van der Waals surface area contributed by atoms with Gasteiger partial charge in [0.2, 0.25) is 0 Å². The second-order valence-corrected chi connectivity index (χ2v) is 14.2. The smallest absolute Gasteiger partial charge is 0.0141 e. The van der Waals surface area contributed by atoms with Crippen LogP contribution < -0.4 is 5.32 Å². The maximum Gasteiger partial charge on any atom is 0.0141 e. The average molecular weight is 604 g/mol. The van der Waals surface area contributed by atoms with Crippen molar-refractivity contribution in [1.82, 2.24) is 5.32 Å². The molecule has 0 atom stereocenters. The normalized spacial score (nSPS) is 11.7. The minimum Gasteiger partial charge on any atom is -0.391 e. The van der Waals surface area contributed by atoms with E-state index in [0.29, 0.717) is 0 Å². The van der Waals surface area contributed by atoms with Crippen molar-refractivity contribution in [2.75, 3.05) is 6.54 Å². The molecule has 1 heteroatoms. The summed E-state index contributed by atoms with van der Waals surface area (Å²) in [5.74, 6) is 0. The van der Waals surface area contributed by atoms with Gasteiger partial charge < -0.3 is 5.32 Å². The van der Waals surface area contributed by atoms with Gasteiger partial charge in [-0.05, 0) is 25.5 Å². The van der Waals surface area contributed by atoms with Gasteiger partial charge in [-0.3, -0.25) is 0 Å². The van der Waals surface area contributed by atoms with Crippen LogP contribution in [0.15, 0.2) is 12.3 Å². The van der Waals surface area contributed by atoms with E-state index >= 15 is 0 Å². The number of unbranched alkanes of at least 4 members (excludes halogenated alkanes) is 35. The van der Waals surface area contributed by atoms with Gasteiger partial charge in [-0.1, -0.05) is 238 Å². The molecular formula is C42H85N. The first-order valence-corrected chi connectivity index (χ1v) is 20.8. The monoisotopic (exact) mass is 604 g/mol. The van der Waals surface area contributed by atoms with Gasteiger partial charge in [0.15, 0.2) is 0 Å². The SMILES string of the molecule is CCCCCCCCCCCCCCCCCCC=CNCCCCCCCCCCCCCCCCCCCCCC. The zero-order valence-electron chi connectivity index (χ0n) is 30.5. The van der Waals surface area contributed by atoms with Crippen molar-refractivity contribution in [3.05, 3.63) is 12.3 Å². The van der Waals surface area contributed by atoms with Crippen LogP contribution in [-0.2, 0) is 0 Å². The van der Waals surface area contributed by atoms with E-state index in [1.54, 1.807) is 0 Å². The molecule has 0 aromatic carbocycles. The van der Waals surface area contributed by atoms with Crippen LogP contribution in [0.4, 0.5) is 0 Å². The molecule has 1 nitrogen and oxygen atoms in total. The Morgan fingerprint density at radius 2 is 0.512 bits per heavy atom. The first kappa shape index (κ1) is 42.5. The highest BCUT2D eigenvalue weighted by Gasteiger charge is 1.97. The molecule has 0 bridgehead atoms. The number of hydrogen-bond acceptors (Lipinski definition) is 1. The van der Waals surface area contributed by atoms with Gasteiger partial charge in [-0.2, -0.15) is 0 Å². The molecule has 0 heterocycles. The number of hydrogen-bond donors (Lipinski definition) is 1. The molecule has 43 heavy (non-hydrogen) atoms. The lowest BCUT2D eigenvalue weighted by Crippen LogP contribution is -2.06. The first-order valence-electron chi connectivity index (χ1n) is 20.8. The Kier molecular flexibility index (Phi) is 41.1. The van der Waals surface area contributed by atoms with E-state index in [4.69, 9.17) is 0 Å². The highest BCUT2D eigenvalue weighted by Crippen LogP contribution is 2.16. The molecule has 1 N–H and O–H groups in total. The van der Waals surface area contributed by atoms with Gasteiger partial charge in [0.1, 0.15) is 0 Å². The Labute approximate surface area is 275 Å². The average Bonchev–Trinajstić information content (AvgIpc) is 3.02. The molecule has 0 fully saturated rings. The Balaban J connectivity index is 3.08. The molecular weight excluding hydrogens is 518 g/mol.